The highest BCUT2D eigenvalue weighted by Gasteiger charge is 2.19. The zero-order valence-corrected chi connectivity index (χ0v) is 10.7. The van der Waals surface area contributed by atoms with Crippen molar-refractivity contribution in [3.05, 3.63) is 58.0 Å². The highest BCUT2D eigenvalue weighted by atomic mass is 16.4. The Morgan fingerprint density at radius 1 is 1.06 bits per heavy atom. The second-order valence-electron chi connectivity index (χ2n) is 4.59. The third-order valence-electron chi connectivity index (χ3n) is 3.51. The summed E-state index contributed by atoms with van der Waals surface area (Å²) in [5, 5.41) is 10.4. The Kier molecular flexibility index (Phi) is 3.07. The smallest absolute Gasteiger partial charge is 0.137 e. The van der Waals surface area contributed by atoms with Crippen LogP contribution in [0.25, 0.3) is 0 Å². The molecular weight excluding hydrogens is 212 g/mol. The summed E-state index contributed by atoms with van der Waals surface area (Å²) in [5.41, 5.74) is 5.65. The number of furan rings is 1. The zero-order chi connectivity index (χ0) is 12.6. The minimum absolute atomic E-state index is 0.598. The SMILES string of the molecule is Cc1cc(C)c(C)c(C(O)c2ccco2)c1C. The van der Waals surface area contributed by atoms with Gasteiger partial charge in [0.1, 0.15) is 11.9 Å². The van der Waals surface area contributed by atoms with Gasteiger partial charge in [0, 0.05) is 0 Å². The van der Waals surface area contributed by atoms with Gasteiger partial charge in [-0.25, -0.2) is 0 Å². The summed E-state index contributed by atoms with van der Waals surface area (Å²) < 4.78 is 5.29. The average Bonchev–Trinajstić information content (AvgIpc) is 2.80. The Hall–Kier alpha value is -1.54. The van der Waals surface area contributed by atoms with Crippen molar-refractivity contribution < 1.29 is 9.52 Å². The van der Waals surface area contributed by atoms with Gasteiger partial charge in [0.25, 0.3) is 0 Å². The van der Waals surface area contributed by atoms with Crippen LogP contribution in [0.5, 0.6) is 0 Å². The quantitative estimate of drug-likeness (QED) is 0.855. The summed E-state index contributed by atoms with van der Waals surface area (Å²) in [6.07, 6.45) is 0.912. The number of aliphatic hydroxyl groups is 1. The molecular formula is C15H18O2. The van der Waals surface area contributed by atoms with Gasteiger partial charge >= 0.3 is 0 Å². The monoisotopic (exact) mass is 230 g/mol. The van der Waals surface area contributed by atoms with E-state index < -0.39 is 6.10 Å². The van der Waals surface area contributed by atoms with E-state index in [1.54, 1.807) is 18.4 Å². The number of benzene rings is 1. The van der Waals surface area contributed by atoms with E-state index >= 15 is 0 Å². The second-order valence-corrected chi connectivity index (χ2v) is 4.59. The molecule has 0 radical (unpaired) electrons. The van der Waals surface area contributed by atoms with Crippen LogP contribution in [-0.4, -0.2) is 5.11 Å². The maximum Gasteiger partial charge on any atom is 0.137 e. The summed E-state index contributed by atoms with van der Waals surface area (Å²) in [4.78, 5) is 0. The van der Waals surface area contributed by atoms with Crippen LogP contribution in [0.3, 0.4) is 0 Å². The Morgan fingerprint density at radius 3 is 2.12 bits per heavy atom. The summed E-state index contributed by atoms with van der Waals surface area (Å²) in [6, 6.07) is 5.76. The van der Waals surface area contributed by atoms with E-state index in [1.165, 1.54) is 11.1 Å². The lowest BCUT2D eigenvalue weighted by molar-refractivity contribution is 0.188. The molecule has 0 aliphatic heterocycles. The van der Waals surface area contributed by atoms with Gasteiger partial charge in [-0.3, -0.25) is 0 Å². The third-order valence-corrected chi connectivity index (χ3v) is 3.51. The summed E-state index contributed by atoms with van der Waals surface area (Å²) in [6.45, 7) is 8.23. The molecule has 0 fully saturated rings. The van der Waals surface area contributed by atoms with Crippen LogP contribution in [0.15, 0.2) is 28.9 Å². The molecule has 90 valence electrons. The fourth-order valence-electron chi connectivity index (χ4n) is 2.25. The fourth-order valence-corrected chi connectivity index (χ4v) is 2.25. The average molecular weight is 230 g/mol. The normalized spacial score (nSPS) is 12.8. The van der Waals surface area contributed by atoms with Crippen molar-refractivity contribution in [3.63, 3.8) is 0 Å². The number of hydrogen-bond donors (Lipinski definition) is 1. The second kappa shape index (κ2) is 4.38. The minimum Gasteiger partial charge on any atom is -0.466 e. The molecule has 2 nitrogen and oxygen atoms in total. The molecule has 2 rings (SSSR count). The lowest BCUT2D eigenvalue weighted by Crippen LogP contribution is -2.06. The van der Waals surface area contributed by atoms with Crippen LogP contribution in [0.2, 0.25) is 0 Å². The van der Waals surface area contributed by atoms with Crippen molar-refractivity contribution in [3.8, 4) is 0 Å². The van der Waals surface area contributed by atoms with Crippen molar-refractivity contribution in [2.24, 2.45) is 0 Å². The van der Waals surface area contributed by atoms with Crippen LogP contribution >= 0.6 is 0 Å². The molecule has 2 aromatic rings. The van der Waals surface area contributed by atoms with E-state index in [-0.39, 0.29) is 0 Å². The van der Waals surface area contributed by atoms with Crippen molar-refractivity contribution in [2.45, 2.75) is 33.8 Å². The molecule has 0 saturated heterocycles. The van der Waals surface area contributed by atoms with Crippen LogP contribution in [0.4, 0.5) is 0 Å². The Balaban J connectivity index is 2.59. The zero-order valence-electron chi connectivity index (χ0n) is 10.7. The highest BCUT2D eigenvalue weighted by Crippen LogP contribution is 2.31. The number of hydrogen-bond acceptors (Lipinski definition) is 2. The molecule has 1 unspecified atom stereocenters. The van der Waals surface area contributed by atoms with Crippen molar-refractivity contribution >= 4 is 0 Å². The number of aryl methyl sites for hydroxylation is 2. The van der Waals surface area contributed by atoms with Gasteiger partial charge in [-0.1, -0.05) is 6.07 Å². The Labute approximate surface area is 102 Å². The molecule has 0 aliphatic rings. The van der Waals surface area contributed by atoms with Gasteiger partial charge in [-0.15, -0.1) is 0 Å². The Morgan fingerprint density at radius 2 is 1.65 bits per heavy atom. The van der Waals surface area contributed by atoms with E-state index in [1.807, 2.05) is 13.8 Å². The van der Waals surface area contributed by atoms with Crippen molar-refractivity contribution in [1.29, 1.82) is 0 Å². The molecule has 0 bridgehead atoms. The lowest BCUT2D eigenvalue weighted by atomic mass is 9.90. The van der Waals surface area contributed by atoms with Crippen molar-refractivity contribution in [2.75, 3.05) is 0 Å². The summed E-state index contributed by atoms with van der Waals surface area (Å²) in [5.74, 6) is 0.598. The third kappa shape index (κ3) is 2.01. The minimum atomic E-state index is -0.677. The van der Waals surface area contributed by atoms with Crippen LogP contribution in [0.1, 0.15) is 39.7 Å². The van der Waals surface area contributed by atoms with Crippen LogP contribution in [-0.2, 0) is 0 Å². The van der Waals surface area contributed by atoms with Crippen LogP contribution in [0, 0.1) is 27.7 Å². The molecule has 1 aromatic heterocycles. The molecule has 1 aromatic carbocycles. The summed E-state index contributed by atoms with van der Waals surface area (Å²) >= 11 is 0. The first kappa shape index (κ1) is 11.9. The molecule has 1 N–H and O–H groups in total. The van der Waals surface area contributed by atoms with Gasteiger partial charge in [0.2, 0.25) is 0 Å². The van der Waals surface area contributed by atoms with E-state index in [4.69, 9.17) is 4.42 Å². The van der Waals surface area contributed by atoms with Gasteiger partial charge < -0.3 is 9.52 Å². The van der Waals surface area contributed by atoms with Gasteiger partial charge in [-0.05, 0) is 67.6 Å². The molecule has 0 amide bonds. The van der Waals surface area contributed by atoms with Gasteiger partial charge in [0.05, 0.1) is 6.26 Å². The predicted octanol–water partition coefficient (Wildman–Crippen LogP) is 3.59. The van der Waals surface area contributed by atoms with Gasteiger partial charge in [0.15, 0.2) is 0 Å². The number of rotatable bonds is 2. The van der Waals surface area contributed by atoms with E-state index in [0.29, 0.717) is 5.76 Å². The largest absolute Gasteiger partial charge is 0.466 e. The molecule has 0 saturated carbocycles. The number of aliphatic hydroxyl groups excluding tert-OH is 1. The molecule has 2 heteroatoms. The van der Waals surface area contributed by atoms with E-state index in [9.17, 15) is 5.11 Å². The highest BCUT2D eigenvalue weighted by molar-refractivity contribution is 5.46. The first-order valence-electron chi connectivity index (χ1n) is 5.81. The topological polar surface area (TPSA) is 33.4 Å². The van der Waals surface area contributed by atoms with Crippen molar-refractivity contribution in [1.82, 2.24) is 0 Å². The lowest BCUT2D eigenvalue weighted by Gasteiger charge is -2.18. The first-order valence-corrected chi connectivity index (χ1v) is 5.81. The first-order chi connectivity index (χ1) is 8.02. The molecule has 1 atom stereocenters. The standard InChI is InChI=1S/C15H18O2/c1-9-8-10(2)12(4)14(11(9)3)15(16)13-6-5-7-17-13/h5-8,15-16H,1-4H3. The molecule has 1 heterocycles. The van der Waals surface area contributed by atoms with Crippen LogP contribution < -0.4 is 0 Å². The fraction of sp³-hybridized carbons (Fsp3) is 0.333. The van der Waals surface area contributed by atoms with E-state index in [0.717, 1.165) is 16.7 Å². The van der Waals surface area contributed by atoms with Gasteiger partial charge in [-0.2, -0.15) is 0 Å². The molecule has 0 aliphatic carbocycles. The predicted molar refractivity (Wildman–Crippen MR) is 68.2 cm³/mol. The molecule has 17 heavy (non-hydrogen) atoms. The summed E-state index contributed by atoms with van der Waals surface area (Å²) in [7, 11) is 0. The maximum atomic E-state index is 10.4. The molecule has 0 spiro atoms. The Bertz CT molecular complexity index is 498. The van der Waals surface area contributed by atoms with E-state index in [2.05, 4.69) is 19.9 Å². The maximum absolute atomic E-state index is 10.4.